The van der Waals surface area contributed by atoms with Crippen molar-refractivity contribution in [2.45, 2.75) is 40.3 Å². The molecule has 0 unspecified atom stereocenters. The van der Waals surface area contributed by atoms with Crippen LogP contribution in [-0.4, -0.2) is 21.7 Å². The molecule has 1 atom stereocenters. The summed E-state index contributed by atoms with van der Waals surface area (Å²) in [7, 11) is 0. The average molecular weight is 641 g/mol. The lowest BCUT2D eigenvalue weighted by atomic mass is 9.95. The maximum absolute atomic E-state index is 14.2. The van der Waals surface area contributed by atoms with E-state index in [4.69, 9.17) is 9.73 Å². The SMILES string of the molecule is CCOC(=O)C1=C(C)N=c2s/c(=C/c3c(C)n(Cc4ccc(Br)cc4)c4ccccc34)c(=O)n2[C@@H]1c1ccc(C)cc1. The Morgan fingerprint density at radius 1 is 1.02 bits per heavy atom. The number of esters is 1. The molecule has 0 N–H and O–H groups in total. The first-order valence-electron chi connectivity index (χ1n) is 13.8. The predicted molar refractivity (Wildman–Crippen MR) is 171 cm³/mol. The molecule has 0 bridgehead atoms. The molecule has 1 aliphatic rings. The van der Waals surface area contributed by atoms with Crippen molar-refractivity contribution in [2.24, 2.45) is 4.99 Å². The molecule has 42 heavy (non-hydrogen) atoms. The van der Waals surface area contributed by atoms with E-state index in [-0.39, 0.29) is 12.2 Å². The molecule has 212 valence electrons. The molecule has 5 aromatic rings. The number of carbonyl (C=O) groups excluding carboxylic acids is 1. The number of aryl methyl sites for hydroxylation is 1. The smallest absolute Gasteiger partial charge is 0.338 e. The van der Waals surface area contributed by atoms with Crippen molar-refractivity contribution in [3.8, 4) is 0 Å². The number of aromatic nitrogens is 2. The maximum atomic E-state index is 14.2. The second-order valence-electron chi connectivity index (χ2n) is 10.4. The van der Waals surface area contributed by atoms with Gasteiger partial charge in [-0.15, -0.1) is 0 Å². The van der Waals surface area contributed by atoms with Gasteiger partial charge >= 0.3 is 5.97 Å². The first-order valence-corrected chi connectivity index (χ1v) is 15.5. The van der Waals surface area contributed by atoms with Crippen molar-refractivity contribution in [3.05, 3.63) is 136 Å². The van der Waals surface area contributed by atoms with Crippen LogP contribution in [0.15, 0.2) is 98.3 Å². The summed E-state index contributed by atoms with van der Waals surface area (Å²) in [6, 6.07) is 23.9. The van der Waals surface area contributed by atoms with Crippen molar-refractivity contribution in [1.29, 1.82) is 0 Å². The van der Waals surface area contributed by atoms with Crippen molar-refractivity contribution in [2.75, 3.05) is 6.61 Å². The van der Waals surface area contributed by atoms with Gasteiger partial charge in [-0.05, 0) is 63.1 Å². The molecule has 0 radical (unpaired) electrons. The highest BCUT2D eigenvalue weighted by molar-refractivity contribution is 9.10. The monoisotopic (exact) mass is 639 g/mol. The minimum atomic E-state index is -0.622. The van der Waals surface area contributed by atoms with Crippen LogP contribution in [0.4, 0.5) is 0 Å². The Bertz CT molecular complexity index is 2050. The number of benzene rings is 3. The van der Waals surface area contributed by atoms with Crippen LogP contribution in [-0.2, 0) is 16.1 Å². The van der Waals surface area contributed by atoms with Crippen LogP contribution in [0.5, 0.6) is 0 Å². The van der Waals surface area contributed by atoms with Crippen LogP contribution >= 0.6 is 27.3 Å². The summed E-state index contributed by atoms with van der Waals surface area (Å²) in [5.74, 6) is -0.453. The van der Waals surface area contributed by atoms with Crippen LogP contribution in [0.3, 0.4) is 0 Å². The van der Waals surface area contributed by atoms with Crippen LogP contribution in [0.1, 0.15) is 47.8 Å². The zero-order valence-corrected chi connectivity index (χ0v) is 26.3. The summed E-state index contributed by atoms with van der Waals surface area (Å²) in [6.07, 6.45) is 1.98. The Morgan fingerprint density at radius 3 is 2.45 bits per heavy atom. The number of nitrogens with zero attached hydrogens (tertiary/aromatic N) is 3. The van der Waals surface area contributed by atoms with E-state index in [0.717, 1.165) is 37.8 Å². The van der Waals surface area contributed by atoms with Crippen LogP contribution < -0.4 is 14.9 Å². The van der Waals surface area contributed by atoms with E-state index in [1.165, 1.54) is 16.9 Å². The fraction of sp³-hybridized carbons (Fsp3) is 0.206. The van der Waals surface area contributed by atoms with Gasteiger partial charge in [0, 0.05) is 33.2 Å². The molecule has 1 aliphatic heterocycles. The van der Waals surface area contributed by atoms with Crippen molar-refractivity contribution in [1.82, 2.24) is 9.13 Å². The second kappa shape index (κ2) is 11.3. The molecule has 6 nitrogen and oxygen atoms in total. The third-order valence-corrected chi connectivity index (χ3v) is 9.23. The number of thiazole rings is 1. The lowest BCUT2D eigenvalue weighted by molar-refractivity contribution is -0.139. The normalized spacial score (nSPS) is 15.2. The third kappa shape index (κ3) is 4.99. The van der Waals surface area contributed by atoms with Gasteiger partial charge in [-0.2, -0.15) is 0 Å². The van der Waals surface area contributed by atoms with Gasteiger partial charge in [0.15, 0.2) is 4.80 Å². The van der Waals surface area contributed by atoms with Gasteiger partial charge in [-0.3, -0.25) is 9.36 Å². The molecule has 0 saturated carbocycles. The van der Waals surface area contributed by atoms with Crippen molar-refractivity contribution in [3.63, 3.8) is 0 Å². The van der Waals surface area contributed by atoms with E-state index in [0.29, 0.717) is 27.1 Å². The number of hydrogen-bond acceptors (Lipinski definition) is 5. The maximum Gasteiger partial charge on any atom is 0.338 e. The number of allylic oxidation sites excluding steroid dienone is 1. The minimum absolute atomic E-state index is 0.178. The van der Waals surface area contributed by atoms with E-state index in [1.54, 1.807) is 11.5 Å². The van der Waals surface area contributed by atoms with E-state index in [9.17, 15) is 9.59 Å². The highest BCUT2D eigenvalue weighted by atomic mass is 79.9. The van der Waals surface area contributed by atoms with E-state index in [1.807, 2.05) is 56.3 Å². The molecule has 8 heteroatoms. The second-order valence-corrected chi connectivity index (χ2v) is 12.4. The minimum Gasteiger partial charge on any atom is -0.463 e. The summed E-state index contributed by atoms with van der Waals surface area (Å²) in [6.45, 7) is 8.65. The molecule has 0 aliphatic carbocycles. The molecular formula is C34H30BrN3O3S. The Balaban J connectivity index is 1.54. The zero-order valence-electron chi connectivity index (χ0n) is 23.8. The number of fused-ring (bicyclic) bond motifs is 2. The number of para-hydroxylation sites is 1. The Labute approximate surface area is 256 Å². The van der Waals surface area contributed by atoms with Gasteiger partial charge in [0.05, 0.1) is 28.5 Å². The lowest BCUT2D eigenvalue weighted by Crippen LogP contribution is -2.39. The topological polar surface area (TPSA) is 65.6 Å². The standard InChI is InChI=1S/C34H30BrN3O3S/c1-5-41-33(40)30-21(3)36-34-38(31(30)24-14-10-20(2)11-15-24)32(39)29(42-34)18-27-22(4)37(28-9-7-6-8-26(27)28)19-23-12-16-25(35)17-13-23/h6-18,31H,5,19H2,1-4H3/b29-18+/t31-/m1/s1. The molecule has 0 amide bonds. The predicted octanol–water partition coefficient (Wildman–Crippen LogP) is 6.18. The van der Waals surface area contributed by atoms with Crippen LogP contribution in [0.25, 0.3) is 17.0 Å². The van der Waals surface area contributed by atoms with E-state index >= 15 is 0 Å². The highest BCUT2D eigenvalue weighted by Gasteiger charge is 2.33. The molecule has 3 aromatic carbocycles. The van der Waals surface area contributed by atoms with E-state index < -0.39 is 12.0 Å². The Kier molecular flexibility index (Phi) is 7.60. The summed E-state index contributed by atoms with van der Waals surface area (Å²) < 4.78 is 11.0. The van der Waals surface area contributed by atoms with Gasteiger partial charge < -0.3 is 9.30 Å². The summed E-state index contributed by atoms with van der Waals surface area (Å²) in [5.41, 5.74) is 7.08. The van der Waals surface area contributed by atoms with Crippen LogP contribution in [0.2, 0.25) is 0 Å². The van der Waals surface area contributed by atoms with Crippen LogP contribution in [0, 0.1) is 13.8 Å². The fourth-order valence-corrected chi connectivity index (χ4v) is 6.90. The number of ether oxygens (including phenoxy) is 1. The first kappa shape index (κ1) is 28.1. The zero-order chi connectivity index (χ0) is 29.5. The van der Waals surface area contributed by atoms with Crippen molar-refractivity contribution >= 4 is 50.2 Å². The molecule has 2 aromatic heterocycles. The number of halogens is 1. The van der Waals surface area contributed by atoms with Gasteiger partial charge in [-0.1, -0.05) is 87.4 Å². The van der Waals surface area contributed by atoms with Gasteiger partial charge in [0.1, 0.15) is 0 Å². The summed E-state index contributed by atoms with van der Waals surface area (Å²) in [4.78, 5) is 32.6. The third-order valence-electron chi connectivity index (χ3n) is 7.72. The molecule has 0 spiro atoms. The van der Waals surface area contributed by atoms with Gasteiger partial charge in [0.2, 0.25) is 0 Å². The van der Waals surface area contributed by atoms with E-state index in [2.05, 4.69) is 63.8 Å². The summed E-state index contributed by atoms with van der Waals surface area (Å²) in [5, 5.41) is 1.08. The Hall–Kier alpha value is -4.01. The number of carbonyl (C=O) groups is 1. The largest absolute Gasteiger partial charge is 0.463 e. The quantitative estimate of drug-likeness (QED) is 0.208. The lowest BCUT2D eigenvalue weighted by Gasteiger charge is -2.24. The molecule has 0 saturated heterocycles. The highest BCUT2D eigenvalue weighted by Crippen LogP contribution is 2.31. The number of rotatable bonds is 6. The average Bonchev–Trinajstić information content (AvgIpc) is 3.42. The first-order chi connectivity index (χ1) is 20.3. The summed E-state index contributed by atoms with van der Waals surface area (Å²) >= 11 is 4.87. The molecule has 3 heterocycles. The van der Waals surface area contributed by atoms with Gasteiger partial charge in [-0.25, -0.2) is 9.79 Å². The van der Waals surface area contributed by atoms with Crippen molar-refractivity contribution < 1.29 is 9.53 Å². The molecular weight excluding hydrogens is 610 g/mol. The fourth-order valence-electron chi connectivity index (χ4n) is 5.60. The molecule has 0 fully saturated rings. The molecule has 6 rings (SSSR count). The number of hydrogen-bond donors (Lipinski definition) is 0. The van der Waals surface area contributed by atoms with Gasteiger partial charge in [0.25, 0.3) is 5.56 Å². The Morgan fingerprint density at radius 2 is 1.74 bits per heavy atom.